The van der Waals surface area contributed by atoms with E-state index in [1.165, 1.54) is 16.7 Å². The van der Waals surface area contributed by atoms with Gasteiger partial charge in [0, 0.05) is 12.0 Å². The molecule has 26 heavy (non-hydrogen) atoms. The molecule has 0 unspecified atom stereocenters. The van der Waals surface area contributed by atoms with E-state index < -0.39 is 10.7 Å². The van der Waals surface area contributed by atoms with Crippen molar-refractivity contribution in [3.63, 3.8) is 0 Å². The third-order valence-corrected chi connectivity index (χ3v) is 6.19. The molecule has 130 valence electrons. The molecule has 0 spiro atoms. The molecule has 4 rings (SSSR count). The second-order valence-corrected chi connectivity index (χ2v) is 7.90. The summed E-state index contributed by atoms with van der Waals surface area (Å²) in [7, 11) is 0. The lowest BCUT2D eigenvalue weighted by Gasteiger charge is -2.25. The molecule has 0 aromatic heterocycles. The Labute approximate surface area is 155 Å². The van der Waals surface area contributed by atoms with Gasteiger partial charge in [-0.25, -0.2) is 4.99 Å². The summed E-state index contributed by atoms with van der Waals surface area (Å²) in [6.45, 7) is 1.71. The van der Waals surface area contributed by atoms with Crippen LogP contribution in [0.15, 0.2) is 65.7 Å². The van der Waals surface area contributed by atoms with E-state index in [1.807, 2.05) is 36.4 Å². The summed E-state index contributed by atoms with van der Waals surface area (Å²) < 4.78 is -1.07. The Morgan fingerprint density at radius 3 is 2.27 bits per heavy atom. The Morgan fingerprint density at radius 1 is 1.00 bits per heavy atom. The Morgan fingerprint density at radius 2 is 1.62 bits per heavy atom. The second-order valence-electron chi connectivity index (χ2n) is 6.46. The van der Waals surface area contributed by atoms with Crippen molar-refractivity contribution in [3.05, 3.63) is 66.2 Å². The van der Waals surface area contributed by atoms with Crippen molar-refractivity contribution in [2.75, 3.05) is 4.90 Å². The van der Waals surface area contributed by atoms with Crippen molar-refractivity contribution in [1.29, 1.82) is 0 Å². The molecule has 2 aliphatic rings. The van der Waals surface area contributed by atoms with Gasteiger partial charge in [0.2, 0.25) is 11.8 Å². The summed E-state index contributed by atoms with van der Waals surface area (Å²) in [5.41, 5.74) is 1.37. The number of imide groups is 1. The molecule has 0 bridgehead atoms. The number of amides is 3. The Bertz CT molecular complexity index is 927. The van der Waals surface area contributed by atoms with Crippen LogP contribution in [0.5, 0.6) is 0 Å². The molecular weight excluding hydrogens is 348 g/mol. The van der Waals surface area contributed by atoms with E-state index in [-0.39, 0.29) is 24.1 Å². The summed E-state index contributed by atoms with van der Waals surface area (Å²) in [6, 6.07) is 18.2. The lowest BCUT2D eigenvalue weighted by atomic mass is 9.91. The molecule has 6 heteroatoms. The molecule has 2 aliphatic heterocycles. The fourth-order valence-corrected chi connectivity index (χ4v) is 4.55. The molecule has 5 nitrogen and oxygen atoms in total. The number of rotatable bonds is 3. The van der Waals surface area contributed by atoms with E-state index in [0.29, 0.717) is 10.7 Å². The summed E-state index contributed by atoms with van der Waals surface area (Å²) in [5.74, 6) is -1.71. The molecule has 2 aromatic carbocycles. The van der Waals surface area contributed by atoms with Crippen molar-refractivity contribution in [3.8, 4) is 0 Å². The average Bonchev–Trinajstić information content (AvgIpc) is 3.13. The predicted octanol–water partition coefficient (Wildman–Crippen LogP) is 3.05. The lowest BCUT2D eigenvalue weighted by Crippen LogP contribution is -2.42. The van der Waals surface area contributed by atoms with Crippen molar-refractivity contribution in [1.82, 2.24) is 0 Å². The first-order valence-electron chi connectivity index (χ1n) is 8.30. The van der Waals surface area contributed by atoms with Crippen LogP contribution in [0.4, 0.5) is 5.69 Å². The number of anilines is 1. The summed E-state index contributed by atoms with van der Waals surface area (Å²) >= 11 is 1.28. The number of hydrogen-bond acceptors (Lipinski definition) is 4. The topological polar surface area (TPSA) is 66.8 Å². The van der Waals surface area contributed by atoms with Gasteiger partial charge in [-0.2, -0.15) is 0 Å². The number of hydrogen-bond donors (Lipinski definition) is 0. The zero-order chi connectivity index (χ0) is 18.3. The minimum Gasteiger partial charge on any atom is -0.274 e. The smallest absolute Gasteiger partial charge is 0.263 e. The minimum absolute atomic E-state index is 0.0144. The van der Waals surface area contributed by atoms with E-state index in [1.54, 1.807) is 31.2 Å². The molecule has 1 saturated heterocycles. The van der Waals surface area contributed by atoms with Crippen LogP contribution in [0, 0.1) is 5.92 Å². The Kier molecular flexibility index (Phi) is 4.00. The van der Waals surface area contributed by atoms with Gasteiger partial charge in [-0.1, -0.05) is 60.3 Å². The Balaban J connectivity index is 1.63. The maximum atomic E-state index is 13.0. The number of aliphatic imine (C=N–C) groups is 1. The van der Waals surface area contributed by atoms with Crippen molar-refractivity contribution in [2.24, 2.45) is 10.9 Å². The summed E-state index contributed by atoms with van der Waals surface area (Å²) in [5, 5.41) is 0.594. The fourth-order valence-electron chi connectivity index (χ4n) is 3.31. The molecule has 2 heterocycles. The number of carbonyl (C=O) groups is 3. The first-order chi connectivity index (χ1) is 12.5. The van der Waals surface area contributed by atoms with Crippen LogP contribution >= 0.6 is 11.8 Å². The van der Waals surface area contributed by atoms with Crippen LogP contribution in [0.3, 0.4) is 0 Å². The number of nitrogens with zero attached hydrogens (tertiary/aromatic N) is 2. The van der Waals surface area contributed by atoms with Gasteiger partial charge in [-0.05, 0) is 19.1 Å². The van der Waals surface area contributed by atoms with Crippen molar-refractivity contribution in [2.45, 2.75) is 18.1 Å². The van der Waals surface area contributed by atoms with Crippen molar-refractivity contribution >= 4 is 40.2 Å². The molecule has 2 aromatic rings. The zero-order valence-corrected chi connectivity index (χ0v) is 14.9. The number of para-hydroxylation sites is 1. The van der Waals surface area contributed by atoms with Gasteiger partial charge < -0.3 is 0 Å². The first-order valence-corrected chi connectivity index (χ1v) is 9.12. The maximum absolute atomic E-state index is 13.0. The normalized spacial score (nSPS) is 25.7. The van der Waals surface area contributed by atoms with Gasteiger partial charge in [0.15, 0.2) is 0 Å². The van der Waals surface area contributed by atoms with Crippen LogP contribution in [0.2, 0.25) is 0 Å². The van der Waals surface area contributed by atoms with Crippen LogP contribution in [-0.2, 0) is 14.4 Å². The summed E-state index contributed by atoms with van der Waals surface area (Å²) in [6.07, 6.45) is 0.0144. The average molecular weight is 364 g/mol. The zero-order valence-electron chi connectivity index (χ0n) is 14.1. The first kappa shape index (κ1) is 16.7. The fraction of sp³-hybridized carbons (Fsp3) is 0.200. The van der Waals surface area contributed by atoms with E-state index in [2.05, 4.69) is 4.99 Å². The van der Waals surface area contributed by atoms with Crippen LogP contribution in [0.1, 0.15) is 18.9 Å². The SMILES string of the molecule is C[C@@]1([C@@H]2CC(=O)N(c3ccccc3)C2=O)SC(c2ccccc2)=NC1=O. The van der Waals surface area contributed by atoms with Gasteiger partial charge in [0.1, 0.15) is 9.79 Å². The largest absolute Gasteiger partial charge is 0.274 e. The maximum Gasteiger partial charge on any atom is 0.263 e. The highest BCUT2D eigenvalue weighted by molar-refractivity contribution is 8.16. The van der Waals surface area contributed by atoms with Gasteiger partial charge in [0.25, 0.3) is 5.91 Å². The van der Waals surface area contributed by atoms with Gasteiger partial charge in [-0.15, -0.1) is 0 Å². The standard InChI is InChI=1S/C20H16N2O3S/c1-20(19(25)21-17(26-20)13-8-4-2-5-9-13)15-12-16(23)22(18(15)24)14-10-6-3-7-11-14/h2-11,15H,12H2,1H3/t15-,20+/m1/s1. The van der Waals surface area contributed by atoms with Crippen molar-refractivity contribution < 1.29 is 14.4 Å². The molecule has 0 radical (unpaired) electrons. The highest BCUT2D eigenvalue weighted by Gasteiger charge is 2.56. The van der Waals surface area contributed by atoms with Gasteiger partial charge in [-0.3, -0.25) is 19.3 Å². The summed E-state index contributed by atoms with van der Waals surface area (Å²) in [4.78, 5) is 43.5. The highest BCUT2D eigenvalue weighted by Crippen LogP contribution is 2.46. The molecule has 2 atom stereocenters. The third-order valence-electron chi connectivity index (χ3n) is 4.78. The van der Waals surface area contributed by atoms with E-state index in [4.69, 9.17) is 0 Å². The number of thioether (sulfide) groups is 1. The second kappa shape index (κ2) is 6.21. The number of carbonyl (C=O) groups excluding carboxylic acids is 3. The molecular formula is C20H16N2O3S. The van der Waals surface area contributed by atoms with E-state index >= 15 is 0 Å². The van der Waals surface area contributed by atoms with Crippen LogP contribution < -0.4 is 4.90 Å². The third kappa shape index (κ3) is 2.57. The van der Waals surface area contributed by atoms with E-state index in [9.17, 15) is 14.4 Å². The molecule has 0 N–H and O–H groups in total. The number of benzene rings is 2. The molecule has 0 aliphatic carbocycles. The van der Waals surface area contributed by atoms with Gasteiger partial charge in [0.05, 0.1) is 11.6 Å². The van der Waals surface area contributed by atoms with Gasteiger partial charge >= 0.3 is 0 Å². The molecule has 3 amide bonds. The van der Waals surface area contributed by atoms with Crippen LogP contribution in [0.25, 0.3) is 0 Å². The highest BCUT2D eigenvalue weighted by atomic mass is 32.2. The molecule has 1 fully saturated rings. The van der Waals surface area contributed by atoms with E-state index in [0.717, 1.165) is 5.56 Å². The monoisotopic (exact) mass is 364 g/mol. The minimum atomic E-state index is -1.07. The lowest BCUT2D eigenvalue weighted by molar-refractivity contribution is -0.127. The quantitative estimate of drug-likeness (QED) is 0.785. The van der Waals surface area contributed by atoms with Crippen LogP contribution in [-0.4, -0.2) is 27.5 Å². The Hall–Kier alpha value is -2.73. The predicted molar refractivity (Wildman–Crippen MR) is 101 cm³/mol. The molecule has 0 saturated carbocycles.